The molecule has 1 aromatic heterocycles. The Hall–Kier alpha value is -2.37. The van der Waals surface area contributed by atoms with E-state index >= 15 is 0 Å². The number of rotatable bonds is 4. The Morgan fingerprint density at radius 2 is 1.93 bits per heavy atom. The van der Waals surface area contributed by atoms with Gasteiger partial charge in [0.15, 0.2) is 9.84 Å². The van der Waals surface area contributed by atoms with Gasteiger partial charge in [-0.1, -0.05) is 12.8 Å². The van der Waals surface area contributed by atoms with Crippen LogP contribution in [0.15, 0.2) is 40.3 Å². The summed E-state index contributed by atoms with van der Waals surface area (Å²) in [5.41, 5.74) is 2.67. The van der Waals surface area contributed by atoms with Crippen molar-refractivity contribution in [3.63, 3.8) is 0 Å². The van der Waals surface area contributed by atoms with Crippen LogP contribution >= 0.6 is 0 Å². The molecule has 8 heteroatoms. The van der Waals surface area contributed by atoms with Gasteiger partial charge in [0, 0.05) is 38.9 Å². The first-order chi connectivity index (χ1) is 13.9. The molecule has 1 aromatic rings. The lowest BCUT2D eigenvalue weighted by molar-refractivity contribution is 0.232. The zero-order chi connectivity index (χ0) is 20.6. The van der Waals surface area contributed by atoms with E-state index in [0.29, 0.717) is 11.9 Å². The molecule has 3 heterocycles. The topological polar surface area (TPSA) is 75.6 Å². The zero-order valence-electron chi connectivity index (χ0n) is 16.8. The van der Waals surface area contributed by atoms with E-state index in [0.717, 1.165) is 57.6 Å². The summed E-state index contributed by atoms with van der Waals surface area (Å²) < 4.78 is 29.0. The number of aromatic nitrogens is 2. The Bertz CT molecular complexity index is 984. The van der Waals surface area contributed by atoms with E-state index in [1.54, 1.807) is 0 Å². The quantitative estimate of drug-likeness (QED) is 0.694. The molecule has 0 radical (unpaired) electrons. The van der Waals surface area contributed by atoms with Crippen molar-refractivity contribution in [2.45, 2.75) is 30.7 Å². The molecular formula is C21H26N4O3S. The number of hydrogen-bond acceptors (Lipinski definition) is 7. The van der Waals surface area contributed by atoms with Crippen LogP contribution in [0.2, 0.25) is 0 Å². The minimum absolute atomic E-state index is 0.0358. The molecule has 0 saturated carbocycles. The summed E-state index contributed by atoms with van der Waals surface area (Å²) in [6.45, 7) is 6.10. The summed E-state index contributed by atoms with van der Waals surface area (Å²) in [6.07, 6.45) is 14.0. The first-order valence-electron chi connectivity index (χ1n) is 9.90. The molecule has 0 N–H and O–H groups in total. The molecule has 3 aliphatic rings. The lowest BCUT2D eigenvalue weighted by Gasteiger charge is -2.39. The minimum atomic E-state index is -3.29. The van der Waals surface area contributed by atoms with Gasteiger partial charge in [0.2, 0.25) is 5.95 Å². The maximum Gasteiger partial charge on any atom is 0.225 e. The van der Waals surface area contributed by atoms with Gasteiger partial charge >= 0.3 is 0 Å². The molecule has 29 heavy (non-hydrogen) atoms. The first kappa shape index (κ1) is 19.9. The number of nitrogens with zero attached hydrogens (tertiary/aromatic N) is 4. The highest BCUT2D eigenvalue weighted by Gasteiger charge is 2.32. The van der Waals surface area contributed by atoms with E-state index in [-0.39, 0.29) is 10.9 Å². The summed E-state index contributed by atoms with van der Waals surface area (Å²) in [5, 5.41) is 0. The smallest absolute Gasteiger partial charge is 0.225 e. The van der Waals surface area contributed by atoms with Gasteiger partial charge in [-0.25, -0.2) is 18.4 Å². The SMILES string of the molecule is C#CC(C1=CC2=C(CCO2)C(C)C1)N1CCN(c2ncc(S(C)(=O)=O)cn2)CC1. The molecule has 1 fully saturated rings. The Kier molecular flexibility index (Phi) is 5.36. The maximum absolute atomic E-state index is 11.6. The molecule has 7 nitrogen and oxygen atoms in total. The number of terminal acetylenes is 1. The average molecular weight is 415 g/mol. The molecule has 2 atom stereocenters. The van der Waals surface area contributed by atoms with Gasteiger partial charge in [-0.3, -0.25) is 4.90 Å². The number of sulfone groups is 1. The van der Waals surface area contributed by atoms with Crippen molar-refractivity contribution in [1.29, 1.82) is 0 Å². The molecule has 0 bridgehead atoms. The minimum Gasteiger partial charge on any atom is -0.493 e. The molecule has 1 aliphatic carbocycles. The fourth-order valence-electron chi connectivity index (χ4n) is 4.30. The molecule has 2 unspecified atom stereocenters. The van der Waals surface area contributed by atoms with Crippen molar-refractivity contribution in [1.82, 2.24) is 14.9 Å². The first-order valence-corrected chi connectivity index (χ1v) is 11.8. The molecule has 4 rings (SSSR count). The van der Waals surface area contributed by atoms with E-state index in [2.05, 4.69) is 38.7 Å². The van der Waals surface area contributed by atoms with Crippen molar-refractivity contribution in [3.8, 4) is 12.3 Å². The van der Waals surface area contributed by atoms with E-state index < -0.39 is 9.84 Å². The van der Waals surface area contributed by atoms with Crippen LogP contribution in [-0.4, -0.2) is 68.4 Å². The van der Waals surface area contributed by atoms with E-state index in [1.807, 2.05) is 0 Å². The van der Waals surface area contributed by atoms with Gasteiger partial charge in [0.05, 0.1) is 25.0 Å². The summed E-state index contributed by atoms with van der Waals surface area (Å²) in [6, 6.07) is -0.0358. The van der Waals surface area contributed by atoms with Crippen LogP contribution in [0.3, 0.4) is 0 Å². The standard InChI is InChI=1S/C21H26N4O3S/c1-4-19(16-11-15(2)18-5-10-28-20(18)12-16)24-6-8-25(9-7-24)21-22-13-17(14-23-21)29(3,26)27/h1,12-15,19H,5-11H2,2-3H3. The molecule has 0 aromatic carbocycles. The van der Waals surface area contributed by atoms with Gasteiger partial charge < -0.3 is 9.64 Å². The highest BCUT2D eigenvalue weighted by atomic mass is 32.2. The number of piperazine rings is 1. The van der Waals surface area contributed by atoms with E-state index in [1.165, 1.54) is 23.5 Å². The van der Waals surface area contributed by atoms with Crippen LogP contribution in [0, 0.1) is 18.3 Å². The monoisotopic (exact) mass is 414 g/mol. The van der Waals surface area contributed by atoms with E-state index in [4.69, 9.17) is 11.2 Å². The molecule has 2 aliphatic heterocycles. The lowest BCUT2D eigenvalue weighted by atomic mass is 9.84. The second-order valence-corrected chi connectivity index (χ2v) is 9.91. The molecule has 1 saturated heterocycles. The molecular weight excluding hydrogens is 388 g/mol. The van der Waals surface area contributed by atoms with Crippen LogP contribution in [0.1, 0.15) is 19.8 Å². The van der Waals surface area contributed by atoms with Crippen molar-refractivity contribution in [3.05, 3.63) is 35.4 Å². The van der Waals surface area contributed by atoms with E-state index in [9.17, 15) is 8.42 Å². The van der Waals surface area contributed by atoms with Gasteiger partial charge in [-0.2, -0.15) is 0 Å². The molecule has 0 spiro atoms. The van der Waals surface area contributed by atoms with Crippen molar-refractivity contribution < 1.29 is 13.2 Å². The van der Waals surface area contributed by atoms with Crippen molar-refractivity contribution >= 4 is 15.8 Å². The number of anilines is 1. The highest BCUT2D eigenvalue weighted by molar-refractivity contribution is 7.90. The van der Waals surface area contributed by atoms with Gasteiger partial charge in [0.25, 0.3) is 0 Å². The summed E-state index contributed by atoms with van der Waals surface area (Å²) >= 11 is 0. The van der Waals surface area contributed by atoms with Gasteiger partial charge in [0.1, 0.15) is 10.7 Å². The largest absolute Gasteiger partial charge is 0.493 e. The Morgan fingerprint density at radius 3 is 2.55 bits per heavy atom. The fraction of sp³-hybridized carbons (Fsp3) is 0.524. The third-order valence-corrected chi connectivity index (χ3v) is 6.98. The normalized spacial score (nSPS) is 23.8. The van der Waals surface area contributed by atoms with Crippen molar-refractivity contribution in [2.24, 2.45) is 5.92 Å². The fourth-order valence-corrected chi connectivity index (χ4v) is 4.78. The van der Waals surface area contributed by atoms with Crippen LogP contribution in [0.4, 0.5) is 5.95 Å². The predicted molar refractivity (Wildman–Crippen MR) is 111 cm³/mol. The number of allylic oxidation sites excluding steroid dienone is 1. The molecule has 154 valence electrons. The zero-order valence-corrected chi connectivity index (χ0v) is 17.7. The van der Waals surface area contributed by atoms with Gasteiger partial charge in [-0.05, 0) is 29.6 Å². The summed E-state index contributed by atoms with van der Waals surface area (Å²) in [5.74, 6) is 5.04. The van der Waals surface area contributed by atoms with Crippen molar-refractivity contribution in [2.75, 3.05) is 43.9 Å². The lowest BCUT2D eigenvalue weighted by Crippen LogP contribution is -2.51. The highest BCUT2D eigenvalue weighted by Crippen LogP contribution is 2.37. The predicted octanol–water partition coefficient (Wildman–Crippen LogP) is 1.64. The second kappa shape index (κ2) is 7.81. The number of ether oxygens (including phenoxy) is 1. The van der Waals surface area contributed by atoms with Crippen LogP contribution in [0.5, 0.6) is 0 Å². The third kappa shape index (κ3) is 4.02. The van der Waals surface area contributed by atoms with Crippen LogP contribution < -0.4 is 4.90 Å². The maximum atomic E-state index is 11.6. The Labute approximate surface area is 172 Å². The molecule has 0 amide bonds. The second-order valence-electron chi connectivity index (χ2n) is 7.90. The third-order valence-electron chi connectivity index (χ3n) is 5.91. The summed E-state index contributed by atoms with van der Waals surface area (Å²) in [4.78, 5) is 13.0. The number of hydrogen-bond donors (Lipinski definition) is 0. The van der Waals surface area contributed by atoms with Crippen LogP contribution in [-0.2, 0) is 14.6 Å². The van der Waals surface area contributed by atoms with Gasteiger partial charge in [-0.15, -0.1) is 6.42 Å². The average Bonchev–Trinajstić information content (AvgIpc) is 3.18. The Morgan fingerprint density at radius 1 is 1.24 bits per heavy atom. The van der Waals surface area contributed by atoms with Crippen LogP contribution in [0.25, 0.3) is 0 Å². The Balaban J connectivity index is 1.43. The summed E-state index contributed by atoms with van der Waals surface area (Å²) in [7, 11) is -3.29.